The van der Waals surface area contributed by atoms with E-state index >= 15 is 0 Å². The van der Waals surface area contributed by atoms with Crippen LogP contribution < -0.4 is 0 Å². The number of hydrogen-bond acceptors (Lipinski definition) is 1. The van der Waals surface area contributed by atoms with E-state index in [0.29, 0.717) is 5.69 Å². The lowest BCUT2D eigenvalue weighted by Crippen LogP contribution is -2.04. The molecule has 0 radical (unpaired) electrons. The maximum atomic E-state index is 8.77. The highest BCUT2D eigenvalue weighted by Gasteiger charge is 2.24. The maximum absolute atomic E-state index is 8.77. The highest BCUT2D eigenvalue weighted by molar-refractivity contribution is 6.14. The van der Waals surface area contributed by atoms with Gasteiger partial charge in [0.15, 0.2) is 5.69 Å². The third kappa shape index (κ3) is 7.40. The number of nitrogens with zero attached hydrogens (tertiary/aromatic N) is 4. The highest BCUT2D eigenvalue weighted by atomic mass is 15.1. The molecule has 4 heteroatoms. The van der Waals surface area contributed by atoms with E-state index < -0.39 is 0 Å². The predicted molar refractivity (Wildman–Crippen MR) is 304 cm³/mol. The molecule has 0 saturated carbocycles. The van der Waals surface area contributed by atoms with Gasteiger partial charge in [-0.2, -0.15) is 0 Å². The molecule has 4 nitrogen and oxygen atoms in total. The summed E-state index contributed by atoms with van der Waals surface area (Å²) in [5, 5.41) is 4.64. The zero-order valence-corrected chi connectivity index (χ0v) is 42.1. The fraction of sp³-hybridized carbons (Fsp3) is 0.118. The average molecular weight is 927 g/mol. The van der Waals surface area contributed by atoms with E-state index in [1.807, 2.05) is 24.5 Å². The molecule has 0 aliphatic rings. The fourth-order valence-electron chi connectivity index (χ4n) is 11.6. The van der Waals surface area contributed by atoms with Gasteiger partial charge in [0.2, 0.25) is 0 Å². The van der Waals surface area contributed by atoms with E-state index in [-0.39, 0.29) is 0 Å². The first kappa shape index (κ1) is 44.4. The largest absolute Gasteiger partial charge is 0.308 e. The Labute approximate surface area is 422 Å². The second-order valence-electron chi connectivity index (χ2n) is 20.1. The zero-order chi connectivity index (χ0) is 49.5. The van der Waals surface area contributed by atoms with Gasteiger partial charge in [-0.25, -0.2) is 4.85 Å². The molecule has 0 amide bonds. The number of aromatic nitrogens is 3. The number of hydrogen-bond donors (Lipinski definition) is 0. The summed E-state index contributed by atoms with van der Waals surface area (Å²) in [6.45, 7) is 26.2. The van der Waals surface area contributed by atoms with Gasteiger partial charge in [0.1, 0.15) is 0 Å². The molecule has 0 unspecified atom stereocenters. The van der Waals surface area contributed by atoms with Crippen molar-refractivity contribution in [3.05, 3.63) is 238 Å². The van der Waals surface area contributed by atoms with E-state index in [1.165, 1.54) is 89.0 Å². The minimum Gasteiger partial charge on any atom is -0.308 e. The second-order valence-corrected chi connectivity index (χ2v) is 20.1. The summed E-state index contributed by atoms with van der Waals surface area (Å²) in [4.78, 5) is 8.68. The van der Waals surface area contributed by atoms with Gasteiger partial charge in [0, 0.05) is 33.9 Å². The van der Waals surface area contributed by atoms with Crippen LogP contribution in [-0.4, -0.2) is 14.1 Å². The molecule has 12 aromatic rings. The summed E-state index contributed by atoms with van der Waals surface area (Å²) < 4.78 is 4.86. The first-order valence-electron chi connectivity index (χ1n) is 24.9. The molecule has 3 aromatic heterocycles. The normalized spacial score (nSPS) is 11.6. The van der Waals surface area contributed by atoms with Crippen LogP contribution in [0.3, 0.4) is 0 Å². The van der Waals surface area contributed by atoms with Crippen molar-refractivity contribution in [2.24, 2.45) is 0 Å². The fourth-order valence-corrected chi connectivity index (χ4v) is 11.6. The first-order valence-corrected chi connectivity index (χ1v) is 24.9. The van der Waals surface area contributed by atoms with Crippen LogP contribution in [0, 0.1) is 62.0 Å². The number of benzene rings is 9. The number of rotatable bonds is 7. The van der Waals surface area contributed by atoms with E-state index in [1.54, 1.807) is 0 Å². The van der Waals surface area contributed by atoms with Crippen molar-refractivity contribution in [1.29, 1.82) is 0 Å². The smallest absolute Gasteiger partial charge is 0.197 e. The number of aryl methyl sites for hydroxylation is 8. The van der Waals surface area contributed by atoms with Crippen molar-refractivity contribution in [3.63, 3.8) is 0 Å². The lowest BCUT2D eigenvalue weighted by Gasteiger charge is -2.20. The molecular weight excluding hydrogens is 873 g/mol. The van der Waals surface area contributed by atoms with Crippen molar-refractivity contribution < 1.29 is 0 Å². The molecular formula is C68H54N4. The van der Waals surface area contributed by atoms with E-state index in [2.05, 4.69) is 232 Å². The minimum atomic E-state index is 0.573. The summed E-state index contributed by atoms with van der Waals surface area (Å²) >= 11 is 0. The third-order valence-corrected chi connectivity index (χ3v) is 15.0. The minimum absolute atomic E-state index is 0.573. The Kier molecular flexibility index (Phi) is 10.7. The van der Waals surface area contributed by atoms with Crippen LogP contribution in [0.5, 0.6) is 0 Å². The van der Waals surface area contributed by atoms with Gasteiger partial charge in [-0.05, 0) is 206 Å². The van der Waals surface area contributed by atoms with Crippen molar-refractivity contribution in [2.45, 2.75) is 55.4 Å². The molecule has 9 aromatic carbocycles. The Bertz CT molecular complexity index is 4030. The molecule has 3 heterocycles. The van der Waals surface area contributed by atoms with Gasteiger partial charge in [-0.3, -0.25) is 4.98 Å². The Morgan fingerprint density at radius 3 is 0.944 bits per heavy atom. The molecule has 346 valence electrons. The second kappa shape index (κ2) is 17.3. The van der Waals surface area contributed by atoms with Crippen LogP contribution in [0.1, 0.15) is 44.5 Å². The van der Waals surface area contributed by atoms with Crippen LogP contribution in [-0.2, 0) is 0 Å². The van der Waals surface area contributed by atoms with Crippen LogP contribution in [0.15, 0.2) is 182 Å². The van der Waals surface area contributed by atoms with Crippen LogP contribution in [0.25, 0.3) is 115 Å². The van der Waals surface area contributed by atoms with E-state index in [4.69, 9.17) is 6.57 Å². The van der Waals surface area contributed by atoms with Crippen molar-refractivity contribution in [2.75, 3.05) is 0 Å². The van der Waals surface area contributed by atoms with Gasteiger partial charge in [0.05, 0.1) is 40.0 Å². The monoisotopic (exact) mass is 926 g/mol. The zero-order valence-electron chi connectivity index (χ0n) is 42.1. The van der Waals surface area contributed by atoms with Gasteiger partial charge in [0.25, 0.3) is 0 Å². The first-order chi connectivity index (χ1) is 34.9. The molecule has 0 bridgehead atoms. The molecule has 0 N–H and O–H groups in total. The quantitative estimate of drug-likeness (QED) is 0.146. The van der Waals surface area contributed by atoms with Crippen molar-refractivity contribution >= 4 is 49.3 Å². The van der Waals surface area contributed by atoms with E-state index in [0.717, 1.165) is 66.1 Å². The van der Waals surface area contributed by atoms with Crippen molar-refractivity contribution in [1.82, 2.24) is 14.1 Å². The Balaban J connectivity index is 1.20. The Morgan fingerprint density at radius 2 is 0.639 bits per heavy atom. The molecule has 0 spiro atoms. The molecule has 0 fully saturated rings. The van der Waals surface area contributed by atoms with Crippen LogP contribution >= 0.6 is 0 Å². The summed E-state index contributed by atoms with van der Waals surface area (Å²) in [7, 11) is 0. The summed E-state index contributed by atoms with van der Waals surface area (Å²) in [6, 6.07) is 63.1. The topological polar surface area (TPSA) is 27.1 Å². The van der Waals surface area contributed by atoms with Crippen LogP contribution in [0.4, 0.5) is 5.69 Å². The third-order valence-electron chi connectivity index (χ3n) is 15.0. The average Bonchev–Trinajstić information content (AvgIpc) is 3.87. The molecule has 0 aliphatic heterocycles. The maximum Gasteiger partial charge on any atom is 0.197 e. The standard InChI is InChI=1S/C68H54N4/c1-40-10-18-53(44(5)30-40)49-14-22-63-58(34-49)59-35-50(54-19-11-41(2)31-45(54)6)15-23-64(59)71(63)67-38-57(48-26-28-70-29-27-48)62(69-9)39-68(67)72-65-24-16-51(55-20-12-42(3)32-46(55)7)36-60(65)61-37-52(17-25-66(61)72)56-21-13-43(4)33-47(56)8/h10-39H,1-8H3. The van der Waals surface area contributed by atoms with E-state index in [9.17, 15) is 0 Å². The number of fused-ring (bicyclic) bond motifs is 6. The van der Waals surface area contributed by atoms with Gasteiger partial charge in [-0.15, -0.1) is 0 Å². The Morgan fingerprint density at radius 1 is 0.319 bits per heavy atom. The van der Waals surface area contributed by atoms with Gasteiger partial charge < -0.3 is 9.13 Å². The van der Waals surface area contributed by atoms with Crippen molar-refractivity contribution in [3.8, 4) is 67.0 Å². The lowest BCUT2D eigenvalue weighted by atomic mass is 9.95. The molecule has 0 aliphatic carbocycles. The Hall–Kier alpha value is -8.78. The SMILES string of the molecule is [C-]#[N+]c1cc(-n2c3ccc(-c4ccc(C)cc4C)cc3c3cc(-c4ccc(C)cc4C)ccc32)c(-n2c3ccc(-c4ccc(C)cc4C)cc3c3cc(-c4ccc(C)cc4C)ccc32)cc1-c1ccncc1. The lowest BCUT2D eigenvalue weighted by molar-refractivity contribution is 1.10. The molecule has 12 rings (SSSR count). The predicted octanol–water partition coefficient (Wildman–Crippen LogP) is 18.6. The summed E-state index contributed by atoms with van der Waals surface area (Å²) in [5.41, 5.74) is 28.2. The highest BCUT2D eigenvalue weighted by Crippen LogP contribution is 2.46. The molecule has 72 heavy (non-hydrogen) atoms. The molecule has 0 atom stereocenters. The molecule has 0 saturated heterocycles. The van der Waals surface area contributed by atoms with Gasteiger partial charge >= 0.3 is 0 Å². The van der Waals surface area contributed by atoms with Gasteiger partial charge in [-0.1, -0.05) is 119 Å². The number of pyridine rings is 1. The van der Waals surface area contributed by atoms with Crippen LogP contribution in [0.2, 0.25) is 0 Å². The summed E-state index contributed by atoms with van der Waals surface area (Å²) in [6.07, 6.45) is 3.63. The summed E-state index contributed by atoms with van der Waals surface area (Å²) in [5.74, 6) is 0.